The molecule has 0 aliphatic heterocycles. The van der Waals surface area contributed by atoms with Crippen LogP contribution in [0.1, 0.15) is 6.92 Å². The van der Waals surface area contributed by atoms with Gasteiger partial charge in [0.25, 0.3) is 5.91 Å². The number of nitrogens with one attached hydrogen (secondary N) is 3. The highest BCUT2D eigenvalue weighted by Gasteiger charge is 2.16. The second-order valence-electron chi connectivity index (χ2n) is 4.52. The summed E-state index contributed by atoms with van der Waals surface area (Å²) in [7, 11) is 0. The van der Waals surface area contributed by atoms with Crippen molar-refractivity contribution in [1.82, 2.24) is 15.5 Å². The highest BCUT2D eigenvalue weighted by atomic mass is 16.4. The van der Waals surface area contributed by atoms with Crippen LogP contribution < -0.4 is 10.6 Å². The van der Waals surface area contributed by atoms with E-state index in [2.05, 4.69) is 20.8 Å². The van der Waals surface area contributed by atoms with Crippen molar-refractivity contribution in [3.05, 3.63) is 36.2 Å². The third kappa shape index (κ3) is 3.40. The average molecular weight is 299 g/mol. The molecule has 0 bridgehead atoms. The van der Waals surface area contributed by atoms with Gasteiger partial charge in [-0.25, -0.2) is 0 Å². The van der Waals surface area contributed by atoms with Crippen molar-refractivity contribution in [1.29, 1.82) is 5.26 Å². The van der Waals surface area contributed by atoms with Crippen LogP contribution in [0.2, 0.25) is 0 Å². The molecular formula is C14H13N5O3. The molecule has 0 aliphatic rings. The van der Waals surface area contributed by atoms with E-state index in [0.717, 1.165) is 10.9 Å². The first-order valence-corrected chi connectivity index (χ1v) is 6.35. The number of aliphatic carboxylic acids is 1. The van der Waals surface area contributed by atoms with Gasteiger partial charge in [0, 0.05) is 17.3 Å². The van der Waals surface area contributed by atoms with E-state index in [-0.39, 0.29) is 5.57 Å². The molecule has 1 atom stereocenters. The number of carboxylic acid groups (broad SMARTS) is 1. The van der Waals surface area contributed by atoms with Crippen LogP contribution in [-0.2, 0) is 9.59 Å². The minimum absolute atomic E-state index is 0.224. The van der Waals surface area contributed by atoms with E-state index < -0.39 is 17.9 Å². The number of fused-ring (bicyclic) bond motifs is 1. The fraction of sp³-hybridized carbons (Fsp3) is 0.143. The Balaban J connectivity index is 2.10. The maximum absolute atomic E-state index is 11.8. The Morgan fingerprint density at radius 2 is 2.27 bits per heavy atom. The van der Waals surface area contributed by atoms with Crippen molar-refractivity contribution < 1.29 is 14.7 Å². The topological polar surface area (TPSA) is 131 Å². The van der Waals surface area contributed by atoms with Gasteiger partial charge in [0.2, 0.25) is 0 Å². The first-order chi connectivity index (χ1) is 10.5. The fourth-order valence-electron chi connectivity index (χ4n) is 1.67. The standard InChI is InChI=1S/C14H13N5O3/c1-8(14(21)22)18-13(20)10(5-15)6-16-11-3-2-9-7-17-19-12(9)4-11/h2-4,6-8,16H,1H3,(H,17,19)(H,18,20)(H,21,22)/b10-6-. The Kier molecular flexibility index (Phi) is 4.38. The van der Waals surface area contributed by atoms with Crippen molar-refractivity contribution in [3.63, 3.8) is 0 Å². The number of carbonyl (C=O) groups excluding carboxylic acids is 1. The van der Waals surface area contributed by atoms with Crippen LogP contribution in [0, 0.1) is 11.3 Å². The SMILES string of the molecule is CC(NC(=O)/C(C#N)=C\Nc1ccc2cn[nH]c2c1)C(=O)O. The van der Waals surface area contributed by atoms with Gasteiger partial charge in [0.1, 0.15) is 17.7 Å². The number of nitrogens with zero attached hydrogens (tertiary/aromatic N) is 2. The summed E-state index contributed by atoms with van der Waals surface area (Å²) in [5.41, 5.74) is 1.24. The Bertz CT molecular complexity index is 787. The number of H-pyrrole nitrogens is 1. The third-order valence-electron chi connectivity index (χ3n) is 2.91. The Labute approximate surface area is 125 Å². The predicted octanol–water partition coefficient (Wildman–Crippen LogP) is 0.972. The molecule has 0 fully saturated rings. The number of aromatic amines is 1. The summed E-state index contributed by atoms with van der Waals surface area (Å²) in [4.78, 5) is 22.4. The summed E-state index contributed by atoms with van der Waals surface area (Å²) in [6.07, 6.45) is 2.90. The first kappa shape index (κ1) is 15.1. The van der Waals surface area contributed by atoms with Gasteiger partial charge in [-0.05, 0) is 25.1 Å². The largest absolute Gasteiger partial charge is 0.480 e. The van der Waals surface area contributed by atoms with Gasteiger partial charge in [0.05, 0.1) is 11.7 Å². The van der Waals surface area contributed by atoms with Gasteiger partial charge >= 0.3 is 5.97 Å². The minimum Gasteiger partial charge on any atom is -0.480 e. The molecule has 0 saturated heterocycles. The molecule has 2 rings (SSSR count). The molecule has 0 saturated carbocycles. The number of rotatable bonds is 5. The molecule has 22 heavy (non-hydrogen) atoms. The van der Waals surface area contributed by atoms with E-state index >= 15 is 0 Å². The van der Waals surface area contributed by atoms with Crippen LogP contribution >= 0.6 is 0 Å². The number of carbonyl (C=O) groups is 2. The highest BCUT2D eigenvalue weighted by molar-refractivity contribution is 5.99. The minimum atomic E-state index is -1.18. The van der Waals surface area contributed by atoms with E-state index in [1.807, 2.05) is 6.07 Å². The first-order valence-electron chi connectivity index (χ1n) is 6.35. The number of hydrogen-bond donors (Lipinski definition) is 4. The van der Waals surface area contributed by atoms with Crippen LogP contribution in [0.15, 0.2) is 36.2 Å². The summed E-state index contributed by atoms with van der Waals surface area (Å²) >= 11 is 0. The molecule has 8 nitrogen and oxygen atoms in total. The lowest BCUT2D eigenvalue weighted by Crippen LogP contribution is -2.39. The van der Waals surface area contributed by atoms with Gasteiger partial charge in [-0.2, -0.15) is 10.4 Å². The number of anilines is 1. The lowest BCUT2D eigenvalue weighted by Gasteiger charge is -2.08. The second kappa shape index (κ2) is 6.41. The van der Waals surface area contributed by atoms with Crippen LogP contribution in [0.4, 0.5) is 5.69 Å². The lowest BCUT2D eigenvalue weighted by atomic mass is 10.2. The van der Waals surface area contributed by atoms with E-state index in [9.17, 15) is 9.59 Å². The molecule has 8 heteroatoms. The zero-order valence-corrected chi connectivity index (χ0v) is 11.6. The second-order valence-corrected chi connectivity index (χ2v) is 4.52. The summed E-state index contributed by atoms with van der Waals surface area (Å²) in [6, 6.07) is 6.01. The number of hydrogen-bond acceptors (Lipinski definition) is 5. The smallest absolute Gasteiger partial charge is 0.325 e. The summed E-state index contributed by atoms with van der Waals surface area (Å²) < 4.78 is 0. The Morgan fingerprint density at radius 1 is 1.50 bits per heavy atom. The Morgan fingerprint density at radius 3 is 2.95 bits per heavy atom. The number of carboxylic acids is 1. The van der Waals surface area contributed by atoms with Gasteiger partial charge in [-0.15, -0.1) is 0 Å². The zero-order valence-electron chi connectivity index (χ0n) is 11.6. The van der Waals surface area contributed by atoms with E-state index in [1.54, 1.807) is 24.4 Å². The molecule has 0 spiro atoms. The molecule has 1 heterocycles. The quantitative estimate of drug-likeness (QED) is 0.480. The fourth-order valence-corrected chi connectivity index (χ4v) is 1.67. The number of benzene rings is 1. The maximum Gasteiger partial charge on any atom is 0.325 e. The normalized spacial score (nSPS) is 12.5. The van der Waals surface area contributed by atoms with E-state index in [1.165, 1.54) is 13.1 Å². The highest BCUT2D eigenvalue weighted by Crippen LogP contribution is 2.16. The lowest BCUT2D eigenvalue weighted by molar-refractivity contribution is -0.140. The van der Waals surface area contributed by atoms with Crippen LogP contribution in [0.3, 0.4) is 0 Å². The van der Waals surface area contributed by atoms with Gasteiger partial charge < -0.3 is 15.7 Å². The summed E-state index contributed by atoms with van der Waals surface area (Å²) in [5, 5.41) is 30.4. The van der Waals surface area contributed by atoms with Gasteiger partial charge in [-0.3, -0.25) is 14.7 Å². The Hall–Kier alpha value is -3.34. The van der Waals surface area contributed by atoms with Crippen LogP contribution in [-0.4, -0.2) is 33.2 Å². The van der Waals surface area contributed by atoms with E-state index in [4.69, 9.17) is 10.4 Å². The van der Waals surface area contributed by atoms with Crippen LogP contribution in [0.5, 0.6) is 0 Å². The summed E-state index contributed by atoms with van der Waals surface area (Å²) in [6.45, 7) is 1.31. The van der Waals surface area contributed by atoms with Crippen LogP contribution in [0.25, 0.3) is 10.9 Å². The van der Waals surface area contributed by atoms with Crippen molar-refractivity contribution in [2.75, 3.05) is 5.32 Å². The van der Waals surface area contributed by atoms with Crippen molar-refractivity contribution in [2.24, 2.45) is 0 Å². The van der Waals surface area contributed by atoms with Crippen molar-refractivity contribution >= 4 is 28.5 Å². The zero-order chi connectivity index (χ0) is 16.1. The maximum atomic E-state index is 11.8. The van der Waals surface area contributed by atoms with Crippen molar-refractivity contribution in [3.8, 4) is 6.07 Å². The summed E-state index contributed by atoms with van der Waals surface area (Å²) in [5.74, 6) is -1.93. The number of aromatic nitrogens is 2. The molecule has 2 aromatic rings. The molecule has 112 valence electrons. The van der Waals surface area contributed by atoms with E-state index in [0.29, 0.717) is 5.69 Å². The monoisotopic (exact) mass is 299 g/mol. The third-order valence-corrected chi connectivity index (χ3v) is 2.91. The van der Waals surface area contributed by atoms with Crippen molar-refractivity contribution in [2.45, 2.75) is 13.0 Å². The average Bonchev–Trinajstić information content (AvgIpc) is 2.95. The molecule has 1 unspecified atom stereocenters. The molecule has 0 radical (unpaired) electrons. The number of amides is 1. The molecule has 0 aliphatic carbocycles. The molecule has 1 aromatic heterocycles. The van der Waals surface area contributed by atoms with Gasteiger partial charge in [-0.1, -0.05) is 0 Å². The molecule has 4 N–H and O–H groups in total. The predicted molar refractivity (Wildman–Crippen MR) is 78.7 cm³/mol. The molecule has 1 amide bonds. The number of nitriles is 1. The van der Waals surface area contributed by atoms with Gasteiger partial charge in [0.15, 0.2) is 0 Å². The molecular weight excluding hydrogens is 286 g/mol. The molecule has 1 aromatic carbocycles.